The Morgan fingerprint density at radius 1 is 0.373 bits per heavy atom. The number of hydrogen-bond acceptors (Lipinski definition) is 8. The van der Waals surface area contributed by atoms with Gasteiger partial charge in [0.2, 0.25) is 0 Å². The summed E-state index contributed by atoms with van der Waals surface area (Å²) in [7, 11) is 0. The van der Waals surface area contributed by atoms with Crippen LogP contribution >= 0.6 is 0 Å². The van der Waals surface area contributed by atoms with E-state index in [9.17, 15) is 49.5 Å². The molecule has 0 radical (unpaired) electrons. The van der Waals surface area contributed by atoms with Crippen LogP contribution in [0.5, 0.6) is 0 Å². The van der Waals surface area contributed by atoms with Crippen molar-refractivity contribution in [3.63, 3.8) is 0 Å². The van der Waals surface area contributed by atoms with Crippen molar-refractivity contribution in [2.24, 2.45) is 0 Å². The fraction of sp³-hybridized carbons (Fsp3) is 0.868. The van der Waals surface area contributed by atoms with E-state index in [1.807, 2.05) is 0 Å². The monoisotopic (exact) mass is 730 g/mol. The van der Waals surface area contributed by atoms with Gasteiger partial charge in [0.15, 0.2) is 0 Å². The van der Waals surface area contributed by atoms with Crippen LogP contribution in [0.1, 0.15) is 155 Å². The van der Waals surface area contributed by atoms with E-state index < -0.39 is 74.7 Å². The van der Waals surface area contributed by atoms with Crippen LogP contribution in [-0.2, 0) is 24.0 Å². The number of carbonyl (C=O) groups is 5. The summed E-state index contributed by atoms with van der Waals surface area (Å²) in [5, 5.41) is 48.3. The molecule has 0 aliphatic rings. The molecule has 0 fully saturated rings. The Kier molecular flexibility index (Phi) is 30.2. The third-order valence-corrected chi connectivity index (χ3v) is 9.46. The van der Waals surface area contributed by atoms with Gasteiger partial charge in [-0.2, -0.15) is 0 Å². The Morgan fingerprint density at radius 3 is 0.843 bits per heavy atom. The Balaban J connectivity index is 5.81. The van der Waals surface area contributed by atoms with E-state index in [1.54, 1.807) is 4.90 Å². The molecule has 0 spiro atoms. The highest BCUT2D eigenvalue weighted by Crippen LogP contribution is 2.19. The number of nitrogens with zero attached hydrogens (tertiary/aromatic N) is 3. The summed E-state index contributed by atoms with van der Waals surface area (Å²) < 4.78 is 0. The van der Waals surface area contributed by atoms with Gasteiger partial charge in [-0.3, -0.25) is 38.7 Å². The van der Waals surface area contributed by atoms with E-state index in [0.29, 0.717) is 25.7 Å². The van der Waals surface area contributed by atoms with E-state index >= 15 is 0 Å². The van der Waals surface area contributed by atoms with E-state index in [4.69, 9.17) is 0 Å². The SMILES string of the molecule is CCCCCCCCCCCCC(CN(CC(=O)O)CC(CCCCCCCCCCCC)N(CC(=O)O)CC(=O)O)N(CC(=O)O)CC(=O)O. The fourth-order valence-corrected chi connectivity index (χ4v) is 6.83. The lowest BCUT2D eigenvalue weighted by Crippen LogP contribution is -2.53. The molecule has 0 aromatic rings. The van der Waals surface area contributed by atoms with Crippen LogP contribution < -0.4 is 0 Å². The van der Waals surface area contributed by atoms with Gasteiger partial charge in [-0.1, -0.05) is 142 Å². The molecule has 0 saturated carbocycles. The quantitative estimate of drug-likeness (QED) is 0.0423. The maximum atomic E-state index is 12.1. The molecule has 0 aromatic carbocycles. The Labute approximate surface area is 306 Å². The maximum Gasteiger partial charge on any atom is 0.317 e. The molecular weight excluding hydrogens is 658 g/mol. The standard InChI is InChI=1S/C38H71N3O10/c1-3-5-7-9-11-13-15-17-19-21-23-32(40(28-35(44)45)29-36(46)47)25-39(27-34(42)43)26-33(41(30-37(48)49)31-38(50)51)24-22-20-18-16-14-12-10-8-6-4-2/h32-33H,3-31H2,1-2H3,(H,42,43)(H,44,45)(H,46,47)(H,48,49)(H,50,51). The van der Waals surface area contributed by atoms with Crippen molar-refractivity contribution in [3.8, 4) is 0 Å². The first-order valence-electron chi connectivity index (χ1n) is 19.7. The summed E-state index contributed by atoms with van der Waals surface area (Å²) in [5.41, 5.74) is 0. The molecule has 13 nitrogen and oxygen atoms in total. The Morgan fingerprint density at radius 2 is 0.608 bits per heavy atom. The second-order valence-corrected chi connectivity index (χ2v) is 14.2. The van der Waals surface area contributed by atoms with Crippen LogP contribution in [-0.4, -0.2) is 128 Å². The summed E-state index contributed by atoms with van der Waals surface area (Å²) >= 11 is 0. The number of rotatable bonds is 38. The molecule has 0 rings (SSSR count). The smallest absolute Gasteiger partial charge is 0.317 e. The largest absolute Gasteiger partial charge is 0.480 e. The lowest BCUT2D eigenvalue weighted by molar-refractivity contribution is -0.144. The highest BCUT2D eigenvalue weighted by atomic mass is 16.4. The second kappa shape index (κ2) is 31.9. The summed E-state index contributed by atoms with van der Waals surface area (Å²) in [6, 6.07) is -1.17. The zero-order chi connectivity index (χ0) is 38.3. The molecular formula is C38H71N3O10. The Bertz CT molecular complexity index is 853. The van der Waals surface area contributed by atoms with E-state index in [2.05, 4.69) is 13.8 Å². The molecule has 2 unspecified atom stereocenters. The first-order chi connectivity index (χ1) is 24.4. The molecule has 298 valence electrons. The summed E-state index contributed by atoms with van der Waals surface area (Å²) in [5.74, 6) is -5.91. The van der Waals surface area contributed by atoms with Crippen molar-refractivity contribution in [1.82, 2.24) is 14.7 Å². The first-order valence-corrected chi connectivity index (χ1v) is 19.7. The summed E-state index contributed by atoms with van der Waals surface area (Å²) in [6.07, 6.45) is 22.8. The number of carboxylic acid groups (broad SMARTS) is 5. The summed E-state index contributed by atoms with van der Waals surface area (Å²) in [4.78, 5) is 63.5. The van der Waals surface area contributed by atoms with Crippen LogP contribution in [0, 0.1) is 0 Å². The van der Waals surface area contributed by atoms with Gasteiger partial charge in [-0.25, -0.2) is 0 Å². The predicted octanol–water partition coefficient (Wildman–Crippen LogP) is 6.67. The van der Waals surface area contributed by atoms with Gasteiger partial charge in [-0.05, 0) is 12.8 Å². The van der Waals surface area contributed by atoms with E-state index in [1.165, 1.54) is 74.0 Å². The lowest BCUT2D eigenvalue weighted by Gasteiger charge is -2.37. The van der Waals surface area contributed by atoms with Crippen LogP contribution in [0.3, 0.4) is 0 Å². The van der Waals surface area contributed by atoms with Crippen molar-refractivity contribution in [2.45, 2.75) is 167 Å². The topological polar surface area (TPSA) is 196 Å². The molecule has 0 aliphatic heterocycles. The minimum absolute atomic E-state index is 0.0484. The average molecular weight is 730 g/mol. The highest BCUT2D eigenvalue weighted by molar-refractivity contribution is 5.73. The number of hydrogen-bond donors (Lipinski definition) is 5. The van der Waals surface area contributed by atoms with E-state index in [-0.39, 0.29) is 13.1 Å². The normalized spacial score (nSPS) is 12.8. The van der Waals surface area contributed by atoms with Crippen molar-refractivity contribution >= 4 is 29.8 Å². The maximum absolute atomic E-state index is 12.1. The van der Waals surface area contributed by atoms with Crippen molar-refractivity contribution in [2.75, 3.05) is 45.8 Å². The van der Waals surface area contributed by atoms with Crippen molar-refractivity contribution in [1.29, 1.82) is 0 Å². The number of unbranched alkanes of at least 4 members (excludes halogenated alkanes) is 18. The van der Waals surface area contributed by atoms with Crippen LogP contribution in [0.4, 0.5) is 0 Å². The molecule has 0 amide bonds. The molecule has 0 aliphatic carbocycles. The number of carboxylic acids is 5. The van der Waals surface area contributed by atoms with Crippen LogP contribution in [0.25, 0.3) is 0 Å². The zero-order valence-corrected chi connectivity index (χ0v) is 31.8. The molecule has 5 N–H and O–H groups in total. The Hall–Kier alpha value is -2.77. The van der Waals surface area contributed by atoms with Gasteiger partial charge in [0.05, 0.1) is 32.7 Å². The van der Waals surface area contributed by atoms with Crippen molar-refractivity contribution in [3.05, 3.63) is 0 Å². The predicted molar refractivity (Wildman–Crippen MR) is 198 cm³/mol. The summed E-state index contributed by atoms with van der Waals surface area (Å²) in [6.45, 7) is 1.93. The molecule has 0 saturated heterocycles. The second-order valence-electron chi connectivity index (χ2n) is 14.2. The highest BCUT2D eigenvalue weighted by Gasteiger charge is 2.30. The third kappa shape index (κ3) is 29.5. The third-order valence-electron chi connectivity index (χ3n) is 9.46. The van der Waals surface area contributed by atoms with Gasteiger partial charge >= 0.3 is 29.8 Å². The van der Waals surface area contributed by atoms with Crippen molar-refractivity contribution < 1.29 is 49.5 Å². The average Bonchev–Trinajstić information content (AvgIpc) is 3.03. The van der Waals surface area contributed by atoms with Crippen LogP contribution in [0.2, 0.25) is 0 Å². The fourth-order valence-electron chi connectivity index (χ4n) is 6.83. The first kappa shape index (κ1) is 48.2. The molecule has 0 aromatic heterocycles. The van der Waals surface area contributed by atoms with Gasteiger partial charge in [0.1, 0.15) is 0 Å². The van der Waals surface area contributed by atoms with Crippen LogP contribution in [0.15, 0.2) is 0 Å². The lowest BCUT2D eigenvalue weighted by atomic mass is 10.0. The zero-order valence-electron chi connectivity index (χ0n) is 31.8. The van der Waals surface area contributed by atoms with Gasteiger partial charge < -0.3 is 25.5 Å². The molecule has 0 bridgehead atoms. The molecule has 13 heteroatoms. The van der Waals surface area contributed by atoms with Gasteiger partial charge in [-0.15, -0.1) is 0 Å². The minimum atomic E-state index is -1.19. The molecule has 0 heterocycles. The van der Waals surface area contributed by atoms with Gasteiger partial charge in [0.25, 0.3) is 0 Å². The number of aliphatic carboxylic acids is 5. The minimum Gasteiger partial charge on any atom is -0.480 e. The molecule has 2 atom stereocenters. The van der Waals surface area contributed by atoms with E-state index in [0.717, 1.165) is 51.4 Å². The van der Waals surface area contributed by atoms with Gasteiger partial charge in [0, 0.05) is 25.2 Å². The molecule has 51 heavy (non-hydrogen) atoms.